The lowest BCUT2D eigenvalue weighted by atomic mass is 9.96. The summed E-state index contributed by atoms with van der Waals surface area (Å²) in [6, 6.07) is 14.1. The number of benzene rings is 2. The third-order valence-corrected chi connectivity index (χ3v) is 6.90. The van der Waals surface area contributed by atoms with Gasteiger partial charge in [0.15, 0.2) is 23.2 Å². The van der Waals surface area contributed by atoms with Crippen LogP contribution in [-0.2, 0) is 0 Å². The highest BCUT2D eigenvalue weighted by molar-refractivity contribution is 5.90. The molecule has 7 rings (SSSR count). The summed E-state index contributed by atoms with van der Waals surface area (Å²) in [5, 5.41) is 17.0. The lowest BCUT2D eigenvalue weighted by Gasteiger charge is -2.34. The van der Waals surface area contributed by atoms with Crippen molar-refractivity contribution in [1.29, 1.82) is 0 Å². The van der Waals surface area contributed by atoms with Crippen molar-refractivity contribution in [2.24, 2.45) is 0 Å². The first-order valence-corrected chi connectivity index (χ1v) is 12.1. The van der Waals surface area contributed by atoms with Gasteiger partial charge in [0.25, 0.3) is 0 Å². The van der Waals surface area contributed by atoms with E-state index in [4.69, 9.17) is 4.74 Å². The third kappa shape index (κ3) is 3.76. The Balaban J connectivity index is 1.32. The molecule has 6 aromatic rings. The number of hydrogen-bond donors (Lipinski definition) is 1. The number of rotatable bonds is 4. The average molecular weight is 532 g/mol. The SMILES string of the molecule is COc1ccc([C@@H]2C[C@H](C(F)(F)F)n3ncc(-c4nc5c6cnn(-c7ccccc7)c6ncn5n4)c3N2)cc1. The van der Waals surface area contributed by atoms with Crippen molar-refractivity contribution in [2.75, 3.05) is 12.4 Å². The van der Waals surface area contributed by atoms with Crippen LogP contribution in [0.1, 0.15) is 24.1 Å². The predicted octanol–water partition coefficient (Wildman–Crippen LogP) is 5.00. The van der Waals surface area contributed by atoms with Crippen molar-refractivity contribution < 1.29 is 17.9 Å². The maximum atomic E-state index is 14.2. The number of aromatic nitrogens is 8. The van der Waals surface area contributed by atoms with Gasteiger partial charge in [0, 0.05) is 6.42 Å². The molecule has 1 aliphatic heterocycles. The zero-order valence-electron chi connectivity index (χ0n) is 20.4. The monoisotopic (exact) mass is 531 g/mol. The molecule has 196 valence electrons. The molecule has 5 heterocycles. The largest absolute Gasteiger partial charge is 0.497 e. The fourth-order valence-electron chi connectivity index (χ4n) is 4.97. The van der Waals surface area contributed by atoms with Crippen molar-refractivity contribution in [3.05, 3.63) is 78.9 Å². The Hall–Kier alpha value is -4.94. The zero-order chi connectivity index (χ0) is 26.7. The molecule has 1 N–H and O–H groups in total. The number of halogens is 3. The smallest absolute Gasteiger partial charge is 0.410 e. The first-order chi connectivity index (χ1) is 18.9. The van der Waals surface area contributed by atoms with Crippen molar-refractivity contribution in [2.45, 2.75) is 24.7 Å². The van der Waals surface area contributed by atoms with Crippen LogP contribution in [0.5, 0.6) is 5.75 Å². The first kappa shape index (κ1) is 23.2. The van der Waals surface area contributed by atoms with E-state index in [1.807, 2.05) is 30.3 Å². The van der Waals surface area contributed by atoms with E-state index >= 15 is 0 Å². The van der Waals surface area contributed by atoms with Gasteiger partial charge in [-0.3, -0.25) is 0 Å². The van der Waals surface area contributed by atoms with Gasteiger partial charge < -0.3 is 10.1 Å². The molecular formula is C26H20F3N9O. The summed E-state index contributed by atoms with van der Waals surface area (Å²) < 4.78 is 51.8. The Morgan fingerprint density at radius 2 is 1.77 bits per heavy atom. The second kappa shape index (κ2) is 8.55. The summed E-state index contributed by atoms with van der Waals surface area (Å²) in [7, 11) is 1.54. The summed E-state index contributed by atoms with van der Waals surface area (Å²) in [5.74, 6) is 1.04. The fourth-order valence-corrected chi connectivity index (χ4v) is 4.97. The Morgan fingerprint density at radius 3 is 2.51 bits per heavy atom. The van der Waals surface area contributed by atoms with Crippen LogP contribution < -0.4 is 10.1 Å². The quantitative estimate of drug-likeness (QED) is 0.342. The van der Waals surface area contributed by atoms with E-state index in [0.717, 1.165) is 10.4 Å². The Labute approximate surface area is 218 Å². The van der Waals surface area contributed by atoms with Crippen LogP contribution in [0.15, 0.2) is 73.3 Å². The predicted molar refractivity (Wildman–Crippen MR) is 136 cm³/mol. The summed E-state index contributed by atoms with van der Waals surface area (Å²) in [6.07, 6.45) is -0.194. The average Bonchev–Trinajstić information content (AvgIpc) is 3.68. The van der Waals surface area contributed by atoms with Crippen LogP contribution in [0.2, 0.25) is 0 Å². The molecule has 0 amide bonds. The van der Waals surface area contributed by atoms with Gasteiger partial charge in [-0.25, -0.2) is 23.8 Å². The number of methoxy groups -OCH3 is 1. The van der Waals surface area contributed by atoms with Crippen LogP contribution in [0.3, 0.4) is 0 Å². The molecule has 13 heteroatoms. The highest BCUT2D eigenvalue weighted by Gasteiger charge is 2.47. The van der Waals surface area contributed by atoms with E-state index in [0.29, 0.717) is 33.6 Å². The number of anilines is 1. The van der Waals surface area contributed by atoms with Crippen molar-refractivity contribution in [3.63, 3.8) is 0 Å². The van der Waals surface area contributed by atoms with Gasteiger partial charge in [-0.1, -0.05) is 30.3 Å². The number of ether oxygens (including phenoxy) is 1. The number of para-hydroxylation sites is 1. The highest BCUT2D eigenvalue weighted by Crippen LogP contribution is 2.46. The Kier molecular flexibility index (Phi) is 5.08. The topological polar surface area (TPSA) is 100.0 Å². The normalized spacial score (nSPS) is 17.3. The van der Waals surface area contributed by atoms with E-state index in [-0.39, 0.29) is 18.1 Å². The lowest BCUT2D eigenvalue weighted by Crippen LogP contribution is -2.35. The fraction of sp³-hybridized carbons (Fsp3) is 0.192. The second-order valence-electron chi connectivity index (χ2n) is 9.19. The first-order valence-electron chi connectivity index (χ1n) is 12.1. The van der Waals surface area contributed by atoms with E-state index in [9.17, 15) is 13.2 Å². The maximum absolute atomic E-state index is 14.2. The van der Waals surface area contributed by atoms with E-state index in [2.05, 4.69) is 30.6 Å². The Morgan fingerprint density at radius 1 is 0.974 bits per heavy atom. The van der Waals surface area contributed by atoms with Crippen LogP contribution in [0, 0.1) is 0 Å². The summed E-state index contributed by atoms with van der Waals surface area (Å²) in [5.41, 5.74) is 2.95. The molecule has 0 spiro atoms. The molecule has 1 aliphatic rings. The van der Waals surface area contributed by atoms with Gasteiger partial charge in [-0.15, -0.1) is 5.10 Å². The minimum Gasteiger partial charge on any atom is -0.497 e. The summed E-state index contributed by atoms with van der Waals surface area (Å²) >= 11 is 0. The molecule has 0 aliphatic carbocycles. The van der Waals surface area contributed by atoms with Gasteiger partial charge in [0.2, 0.25) is 0 Å². The molecule has 0 fully saturated rings. The zero-order valence-corrected chi connectivity index (χ0v) is 20.4. The van der Waals surface area contributed by atoms with Gasteiger partial charge in [-0.05, 0) is 29.8 Å². The number of nitrogens with one attached hydrogen (secondary N) is 1. The highest BCUT2D eigenvalue weighted by atomic mass is 19.4. The molecule has 0 unspecified atom stereocenters. The molecule has 2 atom stereocenters. The van der Waals surface area contributed by atoms with Crippen molar-refractivity contribution in [1.82, 2.24) is 39.1 Å². The molecule has 10 nitrogen and oxygen atoms in total. The van der Waals surface area contributed by atoms with Crippen LogP contribution >= 0.6 is 0 Å². The minimum atomic E-state index is -4.50. The number of alkyl halides is 3. The van der Waals surface area contributed by atoms with Gasteiger partial charge in [0.1, 0.15) is 17.9 Å². The Bertz CT molecular complexity index is 1810. The minimum absolute atomic E-state index is 0.199. The number of nitrogens with zero attached hydrogens (tertiary/aromatic N) is 8. The molecular weight excluding hydrogens is 511 g/mol. The second-order valence-corrected chi connectivity index (χ2v) is 9.19. The summed E-state index contributed by atoms with van der Waals surface area (Å²) in [6.45, 7) is 0. The van der Waals surface area contributed by atoms with Gasteiger partial charge in [-0.2, -0.15) is 23.4 Å². The molecule has 39 heavy (non-hydrogen) atoms. The van der Waals surface area contributed by atoms with E-state index in [1.165, 1.54) is 24.1 Å². The number of hydrogen-bond acceptors (Lipinski definition) is 7. The van der Waals surface area contributed by atoms with E-state index < -0.39 is 18.3 Å². The van der Waals surface area contributed by atoms with Crippen LogP contribution in [0.4, 0.5) is 19.0 Å². The van der Waals surface area contributed by atoms with E-state index in [1.54, 1.807) is 35.1 Å². The lowest BCUT2D eigenvalue weighted by molar-refractivity contribution is -0.173. The molecule has 0 radical (unpaired) electrons. The molecule has 0 saturated carbocycles. The van der Waals surface area contributed by atoms with Gasteiger partial charge >= 0.3 is 6.18 Å². The number of fused-ring (bicyclic) bond motifs is 4. The third-order valence-electron chi connectivity index (χ3n) is 6.90. The van der Waals surface area contributed by atoms with Crippen LogP contribution in [-0.4, -0.2) is 52.4 Å². The molecule has 0 saturated heterocycles. The van der Waals surface area contributed by atoms with Crippen molar-refractivity contribution in [3.8, 4) is 22.8 Å². The van der Waals surface area contributed by atoms with Crippen LogP contribution in [0.25, 0.3) is 33.8 Å². The summed E-state index contributed by atoms with van der Waals surface area (Å²) in [4.78, 5) is 9.18. The standard InChI is InChI=1S/C26H20F3N9O/c1-39-17-9-7-15(8-10-17)20-11-21(26(27,28)29)38-25(33-20)18(12-32-38)22-34-24-19-13-31-37(16-5-3-2-4-6-16)23(19)30-14-36(24)35-22/h2-10,12-14,20-21,33H,11H2,1H3/t20-,21+/m0/s1. The maximum Gasteiger partial charge on any atom is 0.410 e. The van der Waals surface area contributed by atoms with Crippen molar-refractivity contribution >= 4 is 22.5 Å². The molecule has 4 aromatic heterocycles. The molecule has 0 bridgehead atoms. The molecule has 2 aromatic carbocycles. The van der Waals surface area contributed by atoms with Gasteiger partial charge in [0.05, 0.1) is 42.2 Å².